The molecule has 1 aromatic rings. The Morgan fingerprint density at radius 2 is 2.00 bits per heavy atom. The quantitative estimate of drug-likeness (QED) is 0.520. The second-order valence-corrected chi connectivity index (χ2v) is 7.52. The minimum absolute atomic E-state index is 0.276. The van der Waals surface area contributed by atoms with E-state index in [1.54, 1.807) is 31.4 Å². The zero-order chi connectivity index (χ0) is 20.9. The number of nitrogens with one attached hydrogen (secondary N) is 2. The number of carbonyl (C=O) groups is 3. The van der Waals surface area contributed by atoms with Crippen molar-refractivity contribution in [1.29, 1.82) is 0 Å². The molecule has 1 unspecified atom stereocenters. The summed E-state index contributed by atoms with van der Waals surface area (Å²) in [5, 5.41) is 5.62. The maximum absolute atomic E-state index is 13.1. The Hall–Kier alpha value is -2.83. The number of methoxy groups -OCH3 is 1. The molecule has 1 heterocycles. The number of hydrogen-bond acceptors (Lipinski definition) is 4. The van der Waals surface area contributed by atoms with Crippen molar-refractivity contribution in [2.45, 2.75) is 51.0 Å². The number of carbonyl (C=O) groups excluding carboxylic acids is 3. The van der Waals surface area contributed by atoms with Gasteiger partial charge in [0.25, 0.3) is 5.91 Å². The van der Waals surface area contributed by atoms with Crippen LogP contribution in [0.4, 0.5) is 4.79 Å². The van der Waals surface area contributed by atoms with Crippen molar-refractivity contribution in [2.24, 2.45) is 0 Å². The van der Waals surface area contributed by atoms with Crippen LogP contribution in [-0.4, -0.2) is 42.9 Å². The Balaban J connectivity index is 1.62. The summed E-state index contributed by atoms with van der Waals surface area (Å²) in [4.78, 5) is 38.9. The summed E-state index contributed by atoms with van der Waals surface area (Å²) in [5.74, 6) is -0.0621. The maximum atomic E-state index is 13.1. The van der Waals surface area contributed by atoms with Crippen LogP contribution in [-0.2, 0) is 15.1 Å². The van der Waals surface area contributed by atoms with Gasteiger partial charge in [-0.3, -0.25) is 14.5 Å². The minimum Gasteiger partial charge on any atom is -0.497 e. The van der Waals surface area contributed by atoms with E-state index in [2.05, 4.69) is 16.7 Å². The smallest absolute Gasteiger partial charge is 0.325 e. The largest absolute Gasteiger partial charge is 0.497 e. The minimum atomic E-state index is -1.16. The number of benzene rings is 1. The summed E-state index contributed by atoms with van der Waals surface area (Å²) in [6, 6.07) is 6.49. The van der Waals surface area contributed by atoms with Gasteiger partial charge in [-0.25, -0.2) is 4.79 Å². The van der Waals surface area contributed by atoms with Crippen molar-refractivity contribution in [1.82, 2.24) is 15.5 Å². The maximum Gasteiger partial charge on any atom is 0.325 e. The summed E-state index contributed by atoms with van der Waals surface area (Å²) in [7, 11) is 1.57. The molecule has 1 fully saturated rings. The molecule has 0 saturated carbocycles. The number of allylic oxidation sites excluding steroid dienone is 1. The monoisotopic (exact) mass is 399 g/mol. The summed E-state index contributed by atoms with van der Waals surface area (Å²) >= 11 is 0. The molecule has 0 bridgehead atoms. The third-order valence-corrected chi connectivity index (χ3v) is 5.74. The molecule has 156 valence electrons. The van der Waals surface area contributed by atoms with Crippen LogP contribution >= 0.6 is 0 Å². The summed E-state index contributed by atoms with van der Waals surface area (Å²) in [6.07, 6.45) is 8.08. The van der Waals surface area contributed by atoms with Gasteiger partial charge < -0.3 is 15.4 Å². The molecule has 1 aliphatic carbocycles. The molecule has 0 radical (unpaired) electrons. The zero-order valence-corrected chi connectivity index (χ0v) is 17.1. The van der Waals surface area contributed by atoms with E-state index in [1.807, 2.05) is 6.92 Å². The third kappa shape index (κ3) is 4.44. The molecule has 2 aliphatic rings. The van der Waals surface area contributed by atoms with Crippen LogP contribution in [0.3, 0.4) is 0 Å². The predicted molar refractivity (Wildman–Crippen MR) is 109 cm³/mol. The highest BCUT2D eigenvalue weighted by atomic mass is 16.5. The Kier molecular flexibility index (Phi) is 6.56. The normalized spacial score (nSPS) is 21.6. The molecule has 0 aromatic heterocycles. The lowest BCUT2D eigenvalue weighted by atomic mass is 9.87. The lowest BCUT2D eigenvalue weighted by molar-refractivity contribution is -0.135. The topological polar surface area (TPSA) is 87.7 Å². The van der Waals surface area contributed by atoms with E-state index in [-0.39, 0.29) is 12.5 Å². The van der Waals surface area contributed by atoms with Gasteiger partial charge >= 0.3 is 6.03 Å². The van der Waals surface area contributed by atoms with Gasteiger partial charge in [-0.1, -0.05) is 30.7 Å². The van der Waals surface area contributed by atoms with Gasteiger partial charge in [-0.15, -0.1) is 0 Å². The predicted octanol–water partition coefficient (Wildman–Crippen LogP) is 2.86. The second kappa shape index (κ2) is 9.11. The van der Waals surface area contributed by atoms with Gasteiger partial charge in [0, 0.05) is 6.54 Å². The fourth-order valence-corrected chi connectivity index (χ4v) is 3.98. The fraction of sp³-hybridized carbons (Fsp3) is 0.500. The molecule has 1 atom stereocenters. The number of urea groups is 1. The highest BCUT2D eigenvalue weighted by molar-refractivity contribution is 6.09. The van der Waals surface area contributed by atoms with E-state index in [9.17, 15) is 14.4 Å². The fourth-order valence-electron chi connectivity index (χ4n) is 3.98. The molecule has 3 rings (SSSR count). The van der Waals surface area contributed by atoms with Crippen LogP contribution in [0.1, 0.15) is 51.0 Å². The Morgan fingerprint density at radius 3 is 2.62 bits per heavy atom. The van der Waals surface area contributed by atoms with Gasteiger partial charge in [-0.05, 0) is 56.2 Å². The second-order valence-electron chi connectivity index (χ2n) is 7.52. The van der Waals surface area contributed by atoms with Crippen LogP contribution in [0.15, 0.2) is 35.9 Å². The molecule has 7 heteroatoms. The van der Waals surface area contributed by atoms with Crippen LogP contribution in [0.25, 0.3) is 0 Å². The van der Waals surface area contributed by atoms with E-state index >= 15 is 0 Å². The Labute approximate surface area is 171 Å². The molecule has 1 aromatic carbocycles. The van der Waals surface area contributed by atoms with Gasteiger partial charge in [-0.2, -0.15) is 0 Å². The summed E-state index contributed by atoms with van der Waals surface area (Å²) < 4.78 is 5.16. The van der Waals surface area contributed by atoms with Crippen LogP contribution in [0, 0.1) is 0 Å². The number of rotatable bonds is 8. The van der Waals surface area contributed by atoms with Crippen molar-refractivity contribution in [3.8, 4) is 5.75 Å². The van der Waals surface area contributed by atoms with Crippen LogP contribution < -0.4 is 15.4 Å². The van der Waals surface area contributed by atoms with Crippen molar-refractivity contribution in [3.05, 3.63) is 41.5 Å². The van der Waals surface area contributed by atoms with Crippen LogP contribution in [0.5, 0.6) is 5.75 Å². The first-order chi connectivity index (χ1) is 14.0. The van der Waals surface area contributed by atoms with Crippen molar-refractivity contribution in [2.75, 3.05) is 20.2 Å². The molecule has 29 heavy (non-hydrogen) atoms. The molecule has 1 saturated heterocycles. The van der Waals surface area contributed by atoms with Crippen molar-refractivity contribution < 1.29 is 19.1 Å². The third-order valence-electron chi connectivity index (χ3n) is 5.74. The van der Waals surface area contributed by atoms with Gasteiger partial charge in [0.1, 0.15) is 17.8 Å². The number of hydrogen-bond donors (Lipinski definition) is 2. The molecule has 0 spiro atoms. The lowest BCUT2D eigenvalue weighted by Gasteiger charge is -2.26. The molecule has 1 aliphatic heterocycles. The molecular formula is C22H29N3O4. The molecule has 4 amide bonds. The Bertz CT molecular complexity index is 803. The SMILES string of the molecule is CCC1(c2ccc(OC)cc2)NC(=O)N(CC(=O)NCCC2=CCCCC2)C1=O. The van der Waals surface area contributed by atoms with E-state index in [4.69, 9.17) is 4.74 Å². The first-order valence-electron chi connectivity index (χ1n) is 10.2. The highest BCUT2D eigenvalue weighted by Gasteiger charge is 2.51. The van der Waals surface area contributed by atoms with Crippen molar-refractivity contribution >= 4 is 17.8 Å². The van der Waals surface area contributed by atoms with E-state index in [1.165, 1.54) is 18.4 Å². The molecular weight excluding hydrogens is 370 g/mol. The first-order valence-corrected chi connectivity index (χ1v) is 10.2. The number of nitrogens with zero attached hydrogens (tertiary/aromatic N) is 1. The molecule has 7 nitrogen and oxygen atoms in total. The zero-order valence-electron chi connectivity index (χ0n) is 17.1. The van der Waals surface area contributed by atoms with Gasteiger partial charge in [0.2, 0.25) is 5.91 Å². The van der Waals surface area contributed by atoms with E-state index in [0.717, 1.165) is 24.2 Å². The van der Waals surface area contributed by atoms with Gasteiger partial charge in [0.15, 0.2) is 0 Å². The molecule has 2 N–H and O–H groups in total. The summed E-state index contributed by atoms with van der Waals surface area (Å²) in [5.41, 5.74) is 0.888. The number of amides is 4. The number of imide groups is 1. The number of ether oxygens (including phenoxy) is 1. The average molecular weight is 399 g/mol. The lowest BCUT2D eigenvalue weighted by Crippen LogP contribution is -2.44. The van der Waals surface area contributed by atoms with Crippen molar-refractivity contribution in [3.63, 3.8) is 0 Å². The Morgan fingerprint density at radius 1 is 1.24 bits per heavy atom. The average Bonchev–Trinajstić information content (AvgIpc) is 2.99. The summed E-state index contributed by atoms with van der Waals surface area (Å²) in [6.45, 7) is 2.08. The highest BCUT2D eigenvalue weighted by Crippen LogP contribution is 2.33. The standard InChI is InChI=1S/C22H29N3O4/c1-3-22(17-9-11-18(29-2)12-10-17)20(27)25(21(28)24-22)15-19(26)23-14-13-16-7-5-4-6-8-16/h7,9-12H,3-6,8,13-15H2,1-2H3,(H,23,26)(H,24,28). The van der Waals surface area contributed by atoms with Crippen LogP contribution in [0.2, 0.25) is 0 Å². The van der Waals surface area contributed by atoms with E-state index < -0.39 is 17.5 Å². The van der Waals surface area contributed by atoms with Gasteiger partial charge in [0.05, 0.1) is 7.11 Å². The van der Waals surface area contributed by atoms with E-state index in [0.29, 0.717) is 24.3 Å². The first kappa shape index (κ1) is 20.9.